The summed E-state index contributed by atoms with van der Waals surface area (Å²) >= 11 is 5.95. The fourth-order valence-electron chi connectivity index (χ4n) is 2.50. The first-order valence-electron chi connectivity index (χ1n) is 6.71. The molecule has 1 aliphatic rings. The molecule has 0 aromatic heterocycles. The number of nitrogens with zero attached hydrogens (tertiary/aromatic N) is 1. The number of ether oxygens (including phenoxy) is 1. The maximum atomic E-state index is 12.4. The van der Waals surface area contributed by atoms with Crippen molar-refractivity contribution in [2.24, 2.45) is 0 Å². The Bertz CT molecular complexity index is 441. The lowest BCUT2D eigenvalue weighted by atomic mass is 10.0. The number of rotatable bonds is 5. The normalized spacial score (nSPS) is 16.8. The van der Waals surface area contributed by atoms with E-state index in [4.69, 9.17) is 11.6 Å². The molecule has 21 heavy (non-hydrogen) atoms. The average molecular weight is 341 g/mol. The van der Waals surface area contributed by atoms with Gasteiger partial charge in [-0.05, 0) is 51.2 Å². The number of nitrogens with one attached hydrogen (secondary N) is 1. The van der Waals surface area contributed by atoms with Crippen LogP contribution in [0.25, 0.3) is 0 Å². The minimum Gasteiger partial charge on any atom is -0.434 e. The van der Waals surface area contributed by atoms with Crippen LogP contribution in [0.1, 0.15) is 18.4 Å². The monoisotopic (exact) mass is 340 g/mol. The van der Waals surface area contributed by atoms with Gasteiger partial charge in [0, 0.05) is 23.2 Å². The van der Waals surface area contributed by atoms with E-state index in [1.165, 1.54) is 6.07 Å². The van der Waals surface area contributed by atoms with E-state index >= 15 is 0 Å². The van der Waals surface area contributed by atoms with Crippen LogP contribution < -0.4 is 10.1 Å². The molecule has 0 spiro atoms. The number of benzene rings is 1. The van der Waals surface area contributed by atoms with Crippen molar-refractivity contribution in [3.63, 3.8) is 0 Å². The highest BCUT2D eigenvalue weighted by Crippen LogP contribution is 2.26. The highest BCUT2D eigenvalue weighted by Gasteiger charge is 2.19. The molecule has 1 fully saturated rings. The van der Waals surface area contributed by atoms with Crippen molar-refractivity contribution in [3.05, 3.63) is 28.8 Å². The molecule has 0 atom stereocenters. The van der Waals surface area contributed by atoms with Gasteiger partial charge < -0.3 is 10.1 Å². The lowest BCUT2D eigenvalue weighted by Gasteiger charge is -2.32. The van der Waals surface area contributed by atoms with Crippen LogP contribution in [0.4, 0.5) is 8.78 Å². The summed E-state index contributed by atoms with van der Waals surface area (Å²) in [4.78, 5) is 2.23. The van der Waals surface area contributed by atoms with Gasteiger partial charge in [0.2, 0.25) is 0 Å². The Hall–Kier alpha value is -0.620. The van der Waals surface area contributed by atoms with Crippen LogP contribution in [0.2, 0.25) is 5.02 Å². The number of alkyl halides is 2. The molecule has 3 nitrogen and oxygen atoms in total. The van der Waals surface area contributed by atoms with Crippen molar-refractivity contribution in [2.75, 3.05) is 20.1 Å². The summed E-state index contributed by atoms with van der Waals surface area (Å²) in [5.41, 5.74) is 0.709. The third kappa shape index (κ3) is 5.58. The number of piperidine rings is 1. The van der Waals surface area contributed by atoms with Crippen LogP contribution >= 0.6 is 24.0 Å². The highest BCUT2D eigenvalue weighted by molar-refractivity contribution is 6.30. The van der Waals surface area contributed by atoms with E-state index < -0.39 is 6.61 Å². The number of hydrogen-bond acceptors (Lipinski definition) is 3. The summed E-state index contributed by atoms with van der Waals surface area (Å²) in [7, 11) is 1.96. The van der Waals surface area contributed by atoms with Crippen LogP contribution in [0.3, 0.4) is 0 Å². The number of halogens is 4. The smallest absolute Gasteiger partial charge is 0.387 e. The Labute approximate surface area is 135 Å². The quantitative estimate of drug-likeness (QED) is 0.887. The van der Waals surface area contributed by atoms with Crippen LogP contribution in [-0.4, -0.2) is 37.7 Å². The van der Waals surface area contributed by atoms with Gasteiger partial charge in [0.05, 0.1) is 0 Å². The maximum absolute atomic E-state index is 12.4. The zero-order chi connectivity index (χ0) is 14.5. The van der Waals surface area contributed by atoms with Crippen molar-refractivity contribution in [3.8, 4) is 5.75 Å². The summed E-state index contributed by atoms with van der Waals surface area (Å²) in [6, 6.07) is 5.31. The molecular formula is C14H20Cl2F2N2O. The Balaban J connectivity index is 0.00000220. The van der Waals surface area contributed by atoms with Gasteiger partial charge in [-0.2, -0.15) is 8.78 Å². The van der Waals surface area contributed by atoms with Gasteiger partial charge in [0.15, 0.2) is 0 Å². The lowest BCUT2D eigenvalue weighted by molar-refractivity contribution is -0.0508. The summed E-state index contributed by atoms with van der Waals surface area (Å²) in [6.45, 7) is -0.359. The zero-order valence-corrected chi connectivity index (χ0v) is 13.4. The van der Waals surface area contributed by atoms with Crippen LogP contribution in [0, 0.1) is 0 Å². The third-order valence-electron chi connectivity index (χ3n) is 3.63. The maximum Gasteiger partial charge on any atom is 0.387 e. The Morgan fingerprint density at radius 1 is 1.38 bits per heavy atom. The number of hydrogen-bond donors (Lipinski definition) is 1. The Morgan fingerprint density at radius 2 is 2.05 bits per heavy atom. The second kappa shape index (κ2) is 8.73. The molecule has 0 saturated carbocycles. The first-order valence-corrected chi connectivity index (χ1v) is 7.09. The second-order valence-electron chi connectivity index (χ2n) is 4.97. The first-order chi connectivity index (χ1) is 9.58. The first kappa shape index (κ1) is 18.4. The molecule has 120 valence electrons. The topological polar surface area (TPSA) is 24.5 Å². The molecule has 1 N–H and O–H groups in total. The van der Waals surface area contributed by atoms with E-state index in [2.05, 4.69) is 15.0 Å². The minimum atomic E-state index is -2.81. The summed E-state index contributed by atoms with van der Waals surface area (Å²) in [5.74, 6) is 0.208. The SMILES string of the molecule is CNC1CCN(Cc2cc(Cl)ccc2OC(F)F)CC1.Cl. The van der Waals surface area contributed by atoms with E-state index in [0.717, 1.165) is 25.9 Å². The van der Waals surface area contributed by atoms with E-state index in [1.807, 2.05) is 7.05 Å². The van der Waals surface area contributed by atoms with Gasteiger partial charge >= 0.3 is 6.61 Å². The summed E-state index contributed by atoms with van der Waals surface area (Å²) < 4.78 is 29.4. The van der Waals surface area contributed by atoms with E-state index in [0.29, 0.717) is 23.2 Å². The molecule has 1 aromatic rings. The predicted molar refractivity (Wildman–Crippen MR) is 82.7 cm³/mol. The Morgan fingerprint density at radius 3 is 2.62 bits per heavy atom. The molecule has 0 unspecified atom stereocenters. The lowest BCUT2D eigenvalue weighted by Crippen LogP contribution is -2.40. The molecule has 1 saturated heterocycles. The van der Waals surface area contributed by atoms with Crippen molar-refractivity contribution in [2.45, 2.75) is 32.0 Å². The van der Waals surface area contributed by atoms with Crippen molar-refractivity contribution >= 4 is 24.0 Å². The van der Waals surface area contributed by atoms with Gasteiger partial charge in [0.25, 0.3) is 0 Å². The molecule has 1 heterocycles. The fraction of sp³-hybridized carbons (Fsp3) is 0.571. The van der Waals surface area contributed by atoms with Gasteiger partial charge in [0.1, 0.15) is 5.75 Å². The van der Waals surface area contributed by atoms with Gasteiger partial charge in [-0.15, -0.1) is 12.4 Å². The fourth-order valence-corrected chi connectivity index (χ4v) is 2.70. The van der Waals surface area contributed by atoms with Gasteiger partial charge in [-0.1, -0.05) is 11.6 Å². The van der Waals surface area contributed by atoms with E-state index in [9.17, 15) is 8.78 Å². The second-order valence-corrected chi connectivity index (χ2v) is 5.41. The van der Waals surface area contributed by atoms with Gasteiger partial charge in [-0.25, -0.2) is 0 Å². The van der Waals surface area contributed by atoms with Crippen LogP contribution in [-0.2, 0) is 6.54 Å². The van der Waals surface area contributed by atoms with E-state index in [-0.39, 0.29) is 18.2 Å². The van der Waals surface area contributed by atoms with E-state index in [1.54, 1.807) is 12.1 Å². The molecular weight excluding hydrogens is 321 g/mol. The summed E-state index contributed by atoms with van der Waals surface area (Å²) in [5, 5.41) is 3.80. The van der Waals surface area contributed by atoms with Crippen molar-refractivity contribution in [1.29, 1.82) is 0 Å². The molecule has 1 aromatic carbocycles. The molecule has 0 aliphatic carbocycles. The summed E-state index contributed by atoms with van der Waals surface area (Å²) in [6.07, 6.45) is 2.12. The third-order valence-corrected chi connectivity index (χ3v) is 3.86. The largest absolute Gasteiger partial charge is 0.434 e. The molecule has 1 aliphatic heterocycles. The molecule has 0 radical (unpaired) electrons. The van der Waals surface area contributed by atoms with Crippen molar-refractivity contribution < 1.29 is 13.5 Å². The zero-order valence-electron chi connectivity index (χ0n) is 11.8. The molecule has 0 bridgehead atoms. The highest BCUT2D eigenvalue weighted by atomic mass is 35.5. The minimum absolute atomic E-state index is 0. The van der Waals surface area contributed by atoms with Crippen LogP contribution in [0.15, 0.2) is 18.2 Å². The van der Waals surface area contributed by atoms with Crippen LogP contribution in [0.5, 0.6) is 5.75 Å². The predicted octanol–water partition coefficient (Wildman–Crippen LogP) is 3.55. The van der Waals surface area contributed by atoms with Crippen molar-refractivity contribution in [1.82, 2.24) is 10.2 Å². The average Bonchev–Trinajstić information content (AvgIpc) is 2.42. The molecule has 2 rings (SSSR count). The Kier molecular flexibility index (Phi) is 7.66. The molecule has 7 heteroatoms. The number of likely N-dealkylation sites (tertiary alicyclic amines) is 1. The molecule has 0 amide bonds. The standard InChI is InChI=1S/C14H19ClF2N2O.ClH/c1-18-12-4-6-19(7-5-12)9-10-8-11(15)2-3-13(10)20-14(16)17;/h2-3,8,12,14,18H,4-7,9H2,1H3;1H. The van der Waals surface area contributed by atoms with Gasteiger partial charge in [-0.3, -0.25) is 4.90 Å².